The van der Waals surface area contributed by atoms with Crippen molar-refractivity contribution >= 4 is 0 Å². The highest BCUT2D eigenvalue weighted by atomic mass is 19.4. The minimum absolute atomic E-state index is 0.116. The number of halogens is 3. The Kier molecular flexibility index (Phi) is 2.71. The Morgan fingerprint density at radius 3 is 2.75 bits per heavy atom. The van der Waals surface area contributed by atoms with Crippen molar-refractivity contribution in [1.29, 1.82) is 0 Å². The monoisotopic (exact) mass is 233 g/mol. The third-order valence-corrected chi connectivity index (χ3v) is 2.50. The first kappa shape index (κ1) is 11.1. The van der Waals surface area contributed by atoms with Gasteiger partial charge in [-0.2, -0.15) is 13.2 Å². The van der Waals surface area contributed by atoms with Crippen molar-refractivity contribution in [3.8, 4) is 0 Å². The molecule has 88 valence electrons. The standard InChI is InChI=1S/C9H10F3N3O/c10-9(11,12)6-3-7(16)15-8(14-6)5-1-2-13-4-5/h3,5,13H,1-2,4H2,(H,14,15,16). The van der Waals surface area contributed by atoms with Gasteiger partial charge in [0, 0.05) is 18.5 Å². The number of hydrogen-bond donors (Lipinski definition) is 2. The van der Waals surface area contributed by atoms with Crippen molar-refractivity contribution in [3.05, 3.63) is 27.9 Å². The SMILES string of the molecule is O=c1cc(C(F)(F)F)nc(C2CCNC2)[nH]1. The van der Waals surface area contributed by atoms with Gasteiger partial charge < -0.3 is 10.3 Å². The second-order valence-electron chi connectivity index (χ2n) is 3.70. The summed E-state index contributed by atoms with van der Waals surface area (Å²) < 4.78 is 37.2. The number of rotatable bonds is 1. The molecule has 1 unspecified atom stereocenters. The number of aromatic nitrogens is 2. The van der Waals surface area contributed by atoms with Crippen LogP contribution in [-0.4, -0.2) is 23.1 Å². The van der Waals surface area contributed by atoms with Crippen LogP contribution in [0.5, 0.6) is 0 Å². The van der Waals surface area contributed by atoms with Crippen molar-refractivity contribution in [2.75, 3.05) is 13.1 Å². The van der Waals surface area contributed by atoms with Gasteiger partial charge in [-0.15, -0.1) is 0 Å². The fourth-order valence-electron chi connectivity index (χ4n) is 1.70. The molecule has 0 radical (unpaired) electrons. The Morgan fingerprint density at radius 1 is 1.44 bits per heavy atom. The topological polar surface area (TPSA) is 57.8 Å². The summed E-state index contributed by atoms with van der Waals surface area (Å²) in [5, 5.41) is 3.01. The zero-order chi connectivity index (χ0) is 11.8. The second-order valence-corrected chi connectivity index (χ2v) is 3.70. The summed E-state index contributed by atoms with van der Waals surface area (Å²) >= 11 is 0. The maximum absolute atomic E-state index is 12.4. The summed E-state index contributed by atoms with van der Waals surface area (Å²) in [6.07, 6.45) is -3.89. The fraction of sp³-hybridized carbons (Fsp3) is 0.556. The number of alkyl halides is 3. The molecular formula is C9H10F3N3O. The van der Waals surface area contributed by atoms with Gasteiger partial charge in [0.1, 0.15) is 5.82 Å². The fourth-order valence-corrected chi connectivity index (χ4v) is 1.70. The maximum Gasteiger partial charge on any atom is 0.433 e. The van der Waals surface area contributed by atoms with Crippen LogP contribution in [0.4, 0.5) is 13.2 Å². The average Bonchev–Trinajstić information content (AvgIpc) is 2.68. The van der Waals surface area contributed by atoms with E-state index in [9.17, 15) is 18.0 Å². The van der Waals surface area contributed by atoms with Crippen LogP contribution in [0.3, 0.4) is 0 Å². The van der Waals surface area contributed by atoms with Crippen molar-refractivity contribution in [1.82, 2.24) is 15.3 Å². The van der Waals surface area contributed by atoms with Crippen molar-refractivity contribution < 1.29 is 13.2 Å². The van der Waals surface area contributed by atoms with Gasteiger partial charge in [0.25, 0.3) is 5.56 Å². The van der Waals surface area contributed by atoms with E-state index < -0.39 is 17.4 Å². The quantitative estimate of drug-likeness (QED) is 0.756. The molecule has 2 N–H and O–H groups in total. The van der Waals surface area contributed by atoms with Gasteiger partial charge in [0.2, 0.25) is 0 Å². The molecule has 1 aromatic rings. The summed E-state index contributed by atoms with van der Waals surface area (Å²) in [6, 6.07) is 0.478. The van der Waals surface area contributed by atoms with E-state index in [-0.39, 0.29) is 11.7 Å². The molecule has 2 rings (SSSR count). The molecule has 1 aliphatic rings. The predicted molar refractivity (Wildman–Crippen MR) is 50.1 cm³/mol. The first-order valence-electron chi connectivity index (χ1n) is 4.86. The zero-order valence-corrected chi connectivity index (χ0v) is 8.27. The molecule has 1 saturated heterocycles. The van der Waals surface area contributed by atoms with Gasteiger partial charge in [0.05, 0.1) is 0 Å². The third kappa shape index (κ3) is 2.24. The predicted octanol–water partition coefficient (Wildman–Crippen LogP) is 0.866. The molecular weight excluding hydrogens is 223 g/mol. The molecule has 0 aliphatic carbocycles. The summed E-state index contributed by atoms with van der Waals surface area (Å²) in [7, 11) is 0. The Hall–Kier alpha value is -1.37. The highest BCUT2D eigenvalue weighted by Crippen LogP contribution is 2.27. The molecule has 16 heavy (non-hydrogen) atoms. The first-order valence-corrected chi connectivity index (χ1v) is 4.86. The summed E-state index contributed by atoms with van der Waals surface area (Å²) in [5.74, 6) is -0.0279. The van der Waals surface area contributed by atoms with Crippen molar-refractivity contribution in [2.45, 2.75) is 18.5 Å². The highest BCUT2D eigenvalue weighted by Gasteiger charge is 2.34. The van der Waals surface area contributed by atoms with Gasteiger partial charge in [-0.3, -0.25) is 4.79 Å². The number of hydrogen-bond acceptors (Lipinski definition) is 3. The lowest BCUT2D eigenvalue weighted by Gasteiger charge is -2.10. The van der Waals surface area contributed by atoms with E-state index in [0.717, 1.165) is 6.54 Å². The van der Waals surface area contributed by atoms with Gasteiger partial charge in [-0.05, 0) is 13.0 Å². The van der Waals surface area contributed by atoms with Crippen LogP contribution in [0.2, 0.25) is 0 Å². The molecule has 0 bridgehead atoms. The Morgan fingerprint density at radius 2 is 2.19 bits per heavy atom. The smallest absolute Gasteiger partial charge is 0.316 e. The van der Waals surface area contributed by atoms with Gasteiger partial charge in [-0.25, -0.2) is 4.98 Å². The molecule has 1 atom stereocenters. The van der Waals surface area contributed by atoms with E-state index in [4.69, 9.17) is 0 Å². The van der Waals surface area contributed by atoms with E-state index in [2.05, 4.69) is 15.3 Å². The van der Waals surface area contributed by atoms with Crippen LogP contribution in [-0.2, 0) is 6.18 Å². The molecule has 1 aromatic heterocycles. The van der Waals surface area contributed by atoms with Gasteiger partial charge in [-0.1, -0.05) is 0 Å². The van der Waals surface area contributed by atoms with E-state index in [0.29, 0.717) is 19.0 Å². The lowest BCUT2D eigenvalue weighted by Crippen LogP contribution is -2.21. The second kappa shape index (κ2) is 3.89. The molecule has 0 aromatic carbocycles. The third-order valence-electron chi connectivity index (χ3n) is 2.50. The molecule has 1 fully saturated rings. The number of nitrogens with zero attached hydrogens (tertiary/aromatic N) is 1. The molecule has 1 aliphatic heterocycles. The average molecular weight is 233 g/mol. The minimum atomic E-state index is -4.57. The maximum atomic E-state index is 12.4. The van der Waals surface area contributed by atoms with Crippen molar-refractivity contribution in [3.63, 3.8) is 0 Å². The molecule has 2 heterocycles. The molecule has 0 saturated carbocycles. The van der Waals surface area contributed by atoms with E-state index in [1.165, 1.54) is 0 Å². The van der Waals surface area contributed by atoms with Crippen LogP contribution in [0.15, 0.2) is 10.9 Å². The summed E-state index contributed by atoms with van der Waals surface area (Å²) in [5.41, 5.74) is -1.89. The largest absolute Gasteiger partial charge is 0.433 e. The lowest BCUT2D eigenvalue weighted by atomic mass is 10.1. The number of aromatic amines is 1. The van der Waals surface area contributed by atoms with Gasteiger partial charge >= 0.3 is 6.18 Å². The Labute approximate surface area is 88.9 Å². The van der Waals surface area contributed by atoms with Gasteiger partial charge in [0.15, 0.2) is 5.69 Å². The Balaban J connectivity index is 2.39. The minimum Gasteiger partial charge on any atom is -0.316 e. The lowest BCUT2D eigenvalue weighted by molar-refractivity contribution is -0.141. The van der Waals surface area contributed by atoms with Crippen LogP contribution in [0.25, 0.3) is 0 Å². The number of H-pyrrole nitrogens is 1. The van der Waals surface area contributed by atoms with Crippen LogP contribution >= 0.6 is 0 Å². The van der Waals surface area contributed by atoms with Crippen LogP contribution in [0.1, 0.15) is 23.9 Å². The van der Waals surface area contributed by atoms with E-state index >= 15 is 0 Å². The highest BCUT2D eigenvalue weighted by molar-refractivity contribution is 5.10. The molecule has 0 spiro atoms. The van der Waals surface area contributed by atoms with Crippen LogP contribution in [0, 0.1) is 0 Å². The number of nitrogens with one attached hydrogen (secondary N) is 2. The zero-order valence-electron chi connectivity index (χ0n) is 8.27. The molecule has 0 amide bonds. The Bertz CT molecular complexity index is 434. The normalized spacial score (nSPS) is 21.3. The van der Waals surface area contributed by atoms with E-state index in [1.54, 1.807) is 0 Å². The van der Waals surface area contributed by atoms with Crippen LogP contribution < -0.4 is 10.9 Å². The molecule has 7 heteroatoms. The first-order chi connectivity index (χ1) is 7.47. The molecule has 4 nitrogen and oxygen atoms in total. The van der Waals surface area contributed by atoms with E-state index in [1.807, 2.05) is 0 Å². The van der Waals surface area contributed by atoms with Crippen molar-refractivity contribution in [2.24, 2.45) is 0 Å². The summed E-state index contributed by atoms with van der Waals surface area (Å²) in [4.78, 5) is 16.9. The summed E-state index contributed by atoms with van der Waals surface area (Å²) in [6.45, 7) is 1.27.